The van der Waals surface area contributed by atoms with E-state index >= 15 is 0 Å². The SMILES string of the molecule is c1ccc(C2CN(c3ccccc3)CN2c2nc3ccccc3s2)cc1. The van der Waals surface area contributed by atoms with Crippen LogP contribution in [0.3, 0.4) is 0 Å². The first-order valence-electron chi connectivity index (χ1n) is 8.86. The first-order chi connectivity index (χ1) is 12.9. The number of fused-ring (bicyclic) bond motifs is 1. The number of benzene rings is 3. The van der Waals surface area contributed by atoms with Gasteiger partial charge in [0.15, 0.2) is 5.13 Å². The fourth-order valence-electron chi connectivity index (χ4n) is 3.61. The van der Waals surface area contributed by atoms with Gasteiger partial charge in [-0.25, -0.2) is 4.98 Å². The molecule has 1 saturated heterocycles. The Labute approximate surface area is 157 Å². The molecule has 0 radical (unpaired) electrons. The number of anilines is 2. The van der Waals surface area contributed by atoms with Gasteiger partial charge in [-0.15, -0.1) is 0 Å². The normalized spacial score (nSPS) is 17.2. The molecule has 2 heterocycles. The summed E-state index contributed by atoms with van der Waals surface area (Å²) in [6, 6.07) is 30.1. The smallest absolute Gasteiger partial charge is 0.188 e. The molecule has 4 heteroatoms. The second kappa shape index (κ2) is 6.46. The zero-order chi connectivity index (χ0) is 17.3. The molecule has 1 aliphatic rings. The second-order valence-electron chi connectivity index (χ2n) is 6.56. The van der Waals surface area contributed by atoms with E-state index < -0.39 is 0 Å². The van der Waals surface area contributed by atoms with Crippen LogP contribution >= 0.6 is 11.3 Å². The van der Waals surface area contributed by atoms with Gasteiger partial charge in [0, 0.05) is 12.2 Å². The molecule has 1 atom stereocenters. The zero-order valence-corrected chi connectivity index (χ0v) is 15.1. The first-order valence-corrected chi connectivity index (χ1v) is 9.67. The van der Waals surface area contributed by atoms with Gasteiger partial charge in [0.1, 0.15) is 0 Å². The van der Waals surface area contributed by atoms with Crippen LogP contribution in [-0.4, -0.2) is 18.2 Å². The summed E-state index contributed by atoms with van der Waals surface area (Å²) in [5, 5.41) is 1.10. The predicted molar refractivity (Wildman–Crippen MR) is 110 cm³/mol. The van der Waals surface area contributed by atoms with Crippen molar-refractivity contribution in [3.63, 3.8) is 0 Å². The van der Waals surface area contributed by atoms with E-state index in [1.165, 1.54) is 16.0 Å². The highest BCUT2D eigenvalue weighted by molar-refractivity contribution is 7.22. The van der Waals surface area contributed by atoms with E-state index in [4.69, 9.17) is 4.98 Å². The Balaban J connectivity index is 1.56. The van der Waals surface area contributed by atoms with E-state index in [0.29, 0.717) is 6.04 Å². The number of rotatable bonds is 3. The largest absolute Gasteiger partial charge is 0.351 e. The van der Waals surface area contributed by atoms with Gasteiger partial charge in [-0.1, -0.05) is 72.0 Å². The molecule has 0 spiro atoms. The van der Waals surface area contributed by atoms with E-state index in [-0.39, 0.29) is 0 Å². The van der Waals surface area contributed by atoms with Crippen molar-refractivity contribution < 1.29 is 0 Å². The number of hydrogen-bond donors (Lipinski definition) is 0. The molecule has 3 aromatic carbocycles. The van der Waals surface area contributed by atoms with Gasteiger partial charge in [0.25, 0.3) is 0 Å². The van der Waals surface area contributed by atoms with Crippen molar-refractivity contribution in [1.29, 1.82) is 0 Å². The fraction of sp³-hybridized carbons (Fsp3) is 0.136. The molecule has 0 aliphatic carbocycles. The van der Waals surface area contributed by atoms with Crippen molar-refractivity contribution in [3.05, 3.63) is 90.5 Å². The molecule has 0 amide bonds. The number of nitrogens with zero attached hydrogens (tertiary/aromatic N) is 3. The van der Waals surface area contributed by atoms with Crippen LogP contribution in [0.4, 0.5) is 10.8 Å². The summed E-state index contributed by atoms with van der Waals surface area (Å²) in [5.41, 5.74) is 3.68. The molecule has 4 aromatic rings. The summed E-state index contributed by atoms with van der Waals surface area (Å²) >= 11 is 1.78. The van der Waals surface area contributed by atoms with E-state index in [0.717, 1.165) is 23.9 Å². The lowest BCUT2D eigenvalue weighted by Gasteiger charge is -2.22. The third kappa shape index (κ3) is 2.72. The maximum absolute atomic E-state index is 4.92. The highest BCUT2D eigenvalue weighted by atomic mass is 32.1. The van der Waals surface area contributed by atoms with Crippen LogP contribution in [-0.2, 0) is 0 Å². The Bertz CT molecular complexity index is 980. The monoisotopic (exact) mass is 357 g/mol. The Morgan fingerprint density at radius 1 is 0.808 bits per heavy atom. The lowest BCUT2D eigenvalue weighted by atomic mass is 10.1. The van der Waals surface area contributed by atoms with Gasteiger partial charge >= 0.3 is 0 Å². The first kappa shape index (κ1) is 15.4. The lowest BCUT2D eigenvalue weighted by molar-refractivity contribution is 0.760. The predicted octanol–water partition coefficient (Wildman–Crippen LogP) is 5.32. The fourth-order valence-corrected chi connectivity index (χ4v) is 4.62. The molecule has 1 unspecified atom stereocenters. The van der Waals surface area contributed by atoms with E-state index in [2.05, 4.69) is 94.7 Å². The highest BCUT2D eigenvalue weighted by Gasteiger charge is 2.33. The third-order valence-corrected chi connectivity index (χ3v) is 6.00. The summed E-state index contributed by atoms with van der Waals surface area (Å²) < 4.78 is 1.24. The molecule has 0 bridgehead atoms. The minimum atomic E-state index is 0.303. The van der Waals surface area contributed by atoms with Crippen LogP contribution in [0.25, 0.3) is 10.2 Å². The zero-order valence-electron chi connectivity index (χ0n) is 14.3. The minimum Gasteiger partial charge on any atom is -0.351 e. The average molecular weight is 357 g/mol. The van der Waals surface area contributed by atoms with Gasteiger partial charge < -0.3 is 9.80 Å². The summed E-state index contributed by atoms with van der Waals surface area (Å²) in [5.74, 6) is 0. The van der Waals surface area contributed by atoms with Crippen molar-refractivity contribution in [1.82, 2.24) is 4.98 Å². The molecule has 0 saturated carbocycles. The maximum Gasteiger partial charge on any atom is 0.188 e. The molecular weight excluding hydrogens is 338 g/mol. The van der Waals surface area contributed by atoms with Gasteiger partial charge in [0.2, 0.25) is 0 Å². The van der Waals surface area contributed by atoms with Gasteiger partial charge in [-0.05, 0) is 29.8 Å². The molecule has 128 valence electrons. The van der Waals surface area contributed by atoms with Crippen molar-refractivity contribution in [2.45, 2.75) is 6.04 Å². The van der Waals surface area contributed by atoms with Crippen LogP contribution in [0.1, 0.15) is 11.6 Å². The number of hydrogen-bond acceptors (Lipinski definition) is 4. The third-order valence-electron chi connectivity index (χ3n) is 4.93. The molecule has 3 nitrogen and oxygen atoms in total. The van der Waals surface area contributed by atoms with Crippen LogP contribution in [0, 0.1) is 0 Å². The maximum atomic E-state index is 4.92. The van der Waals surface area contributed by atoms with Crippen molar-refractivity contribution in [2.75, 3.05) is 23.0 Å². The van der Waals surface area contributed by atoms with Crippen LogP contribution in [0.2, 0.25) is 0 Å². The van der Waals surface area contributed by atoms with Crippen LogP contribution in [0.5, 0.6) is 0 Å². The van der Waals surface area contributed by atoms with Gasteiger partial charge in [-0.3, -0.25) is 0 Å². The minimum absolute atomic E-state index is 0.303. The summed E-state index contributed by atoms with van der Waals surface area (Å²) in [6.07, 6.45) is 0. The summed E-state index contributed by atoms with van der Waals surface area (Å²) in [4.78, 5) is 9.79. The molecule has 5 rings (SSSR count). The Hall–Kier alpha value is -2.85. The molecule has 1 aliphatic heterocycles. The van der Waals surface area contributed by atoms with Crippen LogP contribution < -0.4 is 9.80 Å². The van der Waals surface area contributed by atoms with Gasteiger partial charge in [0.05, 0.1) is 22.9 Å². The number of thiazole rings is 1. The summed E-state index contributed by atoms with van der Waals surface area (Å²) in [7, 11) is 0. The topological polar surface area (TPSA) is 19.4 Å². The molecule has 0 N–H and O–H groups in total. The lowest BCUT2D eigenvalue weighted by Crippen LogP contribution is -2.25. The molecule has 26 heavy (non-hydrogen) atoms. The van der Waals surface area contributed by atoms with Crippen molar-refractivity contribution in [2.24, 2.45) is 0 Å². The second-order valence-corrected chi connectivity index (χ2v) is 7.57. The Kier molecular flexibility index (Phi) is 3.83. The Morgan fingerprint density at radius 2 is 1.50 bits per heavy atom. The standard InChI is InChI=1S/C22H19N3S/c1-3-9-17(10-4-1)20-15-24(18-11-5-2-6-12-18)16-25(20)22-23-19-13-7-8-14-21(19)26-22/h1-14,20H,15-16H2. The van der Waals surface area contributed by atoms with Crippen molar-refractivity contribution >= 4 is 32.4 Å². The highest BCUT2D eigenvalue weighted by Crippen LogP contribution is 2.38. The quantitative estimate of drug-likeness (QED) is 0.494. The number of aromatic nitrogens is 1. The Morgan fingerprint density at radius 3 is 2.27 bits per heavy atom. The molecule has 1 fully saturated rings. The summed E-state index contributed by atoms with van der Waals surface area (Å²) in [6.45, 7) is 1.81. The van der Waals surface area contributed by atoms with E-state index in [1.54, 1.807) is 11.3 Å². The van der Waals surface area contributed by atoms with Crippen LogP contribution in [0.15, 0.2) is 84.9 Å². The molecule has 1 aromatic heterocycles. The average Bonchev–Trinajstić information content (AvgIpc) is 3.33. The number of para-hydroxylation sites is 2. The van der Waals surface area contributed by atoms with Crippen molar-refractivity contribution in [3.8, 4) is 0 Å². The van der Waals surface area contributed by atoms with E-state index in [1.807, 2.05) is 0 Å². The van der Waals surface area contributed by atoms with E-state index in [9.17, 15) is 0 Å². The molecular formula is C22H19N3S. The van der Waals surface area contributed by atoms with Gasteiger partial charge in [-0.2, -0.15) is 0 Å².